The third-order valence-electron chi connectivity index (χ3n) is 19.0. The fraction of sp³-hybridized carbons (Fsp3) is 0.195. The highest BCUT2D eigenvalue weighted by Crippen LogP contribution is 2.51. The Bertz CT molecular complexity index is 4960. The Morgan fingerprint density at radius 3 is 1.67 bits per heavy atom. The lowest BCUT2D eigenvalue weighted by Gasteiger charge is -2.45. The van der Waals surface area contributed by atoms with E-state index in [1.807, 2.05) is 11.3 Å². The van der Waals surface area contributed by atoms with Gasteiger partial charge in [0.15, 0.2) is 0 Å². The van der Waals surface area contributed by atoms with Gasteiger partial charge in [-0.1, -0.05) is 184 Å². The number of para-hydroxylation sites is 2. The summed E-state index contributed by atoms with van der Waals surface area (Å²) in [6.07, 6.45) is 0. The SMILES string of the molecule is Cc1cc2c3c(c1)N(c1c(C)cc(-c4cccc5c4sc4ccccc45)cc1C)c1cc(N(c4ccc5c6ccccc6n(-c6ccccc6)c5c4)c4ccc(C(C)(C)C)cc4C)ccc1B3c1ccc(C(C)(C)C)cc1N2c1ccc(C(C)(C)C)cc1. The first kappa shape index (κ1) is 55.5. The molecule has 0 saturated heterocycles. The van der Waals surface area contributed by atoms with E-state index in [2.05, 4.69) is 328 Å². The minimum atomic E-state index is -0.0696. The first-order chi connectivity index (χ1) is 42.2. The van der Waals surface area contributed by atoms with Crippen LogP contribution in [-0.4, -0.2) is 11.3 Å². The summed E-state index contributed by atoms with van der Waals surface area (Å²) >= 11 is 1.90. The summed E-state index contributed by atoms with van der Waals surface area (Å²) in [5.41, 5.74) is 29.2. The van der Waals surface area contributed by atoms with Gasteiger partial charge < -0.3 is 19.3 Å². The van der Waals surface area contributed by atoms with E-state index in [1.165, 1.54) is 137 Å². The first-order valence-electron chi connectivity index (χ1n) is 31.3. The van der Waals surface area contributed by atoms with Crippen LogP contribution in [0.15, 0.2) is 218 Å². The maximum atomic E-state index is 2.66. The Balaban J connectivity index is 1.01. The molecule has 6 heteroatoms. The number of thiophene rings is 1. The normalized spacial score (nSPS) is 13.2. The van der Waals surface area contributed by atoms with Crippen molar-refractivity contribution >= 4 is 128 Å². The van der Waals surface area contributed by atoms with Crippen LogP contribution in [-0.2, 0) is 16.2 Å². The topological polar surface area (TPSA) is 14.7 Å². The molecule has 13 aromatic rings. The summed E-state index contributed by atoms with van der Waals surface area (Å²) in [7, 11) is 0. The van der Waals surface area contributed by atoms with Gasteiger partial charge >= 0.3 is 0 Å². The predicted octanol–water partition coefficient (Wildman–Crippen LogP) is 21.5. The van der Waals surface area contributed by atoms with Crippen molar-refractivity contribution in [3.63, 3.8) is 0 Å². The van der Waals surface area contributed by atoms with Gasteiger partial charge in [0.1, 0.15) is 0 Å². The molecule has 0 fully saturated rings. The Labute approximate surface area is 524 Å². The average molecular weight is 1160 g/mol. The molecular formula is C82H75BN4S. The van der Waals surface area contributed by atoms with E-state index < -0.39 is 0 Å². The lowest BCUT2D eigenvalue weighted by Crippen LogP contribution is -2.61. The summed E-state index contributed by atoms with van der Waals surface area (Å²) in [6.45, 7) is 30.1. The number of hydrogen-bond acceptors (Lipinski definition) is 4. The summed E-state index contributed by atoms with van der Waals surface area (Å²) in [4.78, 5) is 7.78. The monoisotopic (exact) mass is 1160 g/mol. The Hall–Kier alpha value is -9.10. The summed E-state index contributed by atoms with van der Waals surface area (Å²) in [5.74, 6) is 0. The van der Waals surface area contributed by atoms with E-state index in [-0.39, 0.29) is 23.0 Å². The lowest BCUT2D eigenvalue weighted by atomic mass is 9.33. The van der Waals surface area contributed by atoms with Crippen molar-refractivity contribution in [2.75, 3.05) is 14.7 Å². The van der Waals surface area contributed by atoms with Crippen molar-refractivity contribution in [3.05, 3.63) is 257 Å². The van der Waals surface area contributed by atoms with Crippen LogP contribution in [0.5, 0.6) is 0 Å². The van der Waals surface area contributed by atoms with Gasteiger partial charge in [0.25, 0.3) is 6.71 Å². The van der Waals surface area contributed by atoms with Crippen molar-refractivity contribution in [1.29, 1.82) is 0 Å². The lowest BCUT2D eigenvalue weighted by molar-refractivity contribution is 0.589. The van der Waals surface area contributed by atoms with Crippen LogP contribution < -0.4 is 31.1 Å². The van der Waals surface area contributed by atoms with E-state index in [1.54, 1.807) is 0 Å². The van der Waals surface area contributed by atoms with Crippen molar-refractivity contribution in [2.24, 2.45) is 0 Å². The number of aryl methyl sites for hydroxylation is 4. The molecular weight excluding hydrogens is 1080 g/mol. The Morgan fingerprint density at radius 2 is 0.966 bits per heavy atom. The molecule has 0 bridgehead atoms. The molecule has 11 aromatic carbocycles. The molecule has 0 radical (unpaired) electrons. The maximum absolute atomic E-state index is 2.66. The fourth-order valence-corrected chi connectivity index (χ4v) is 15.8. The van der Waals surface area contributed by atoms with Crippen LogP contribution in [0.3, 0.4) is 0 Å². The number of rotatable bonds is 7. The van der Waals surface area contributed by atoms with Gasteiger partial charge in [-0.2, -0.15) is 0 Å². The van der Waals surface area contributed by atoms with Crippen molar-refractivity contribution in [1.82, 2.24) is 4.57 Å². The van der Waals surface area contributed by atoms with Crippen LogP contribution in [0.2, 0.25) is 0 Å². The van der Waals surface area contributed by atoms with Gasteiger partial charge in [0.2, 0.25) is 0 Å². The van der Waals surface area contributed by atoms with Crippen LogP contribution in [0.1, 0.15) is 101 Å². The second-order valence-corrected chi connectivity index (χ2v) is 29.2. The maximum Gasteiger partial charge on any atom is 0.252 e. The zero-order valence-electron chi connectivity index (χ0n) is 53.1. The van der Waals surface area contributed by atoms with E-state index >= 15 is 0 Å². The van der Waals surface area contributed by atoms with E-state index in [4.69, 9.17) is 0 Å². The molecule has 4 nitrogen and oxygen atoms in total. The molecule has 2 aromatic heterocycles. The number of fused-ring (bicyclic) bond motifs is 10. The third kappa shape index (κ3) is 8.92. The zero-order chi connectivity index (χ0) is 60.9. The van der Waals surface area contributed by atoms with Crippen molar-refractivity contribution in [3.8, 4) is 16.8 Å². The van der Waals surface area contributed by atoms with Gasteiger partial charge in [-0.3, -0.25) is 0 Å². The fourth-order valence-electron chi connectivity index (χ4n) is 14.5. The summed E-state index contributed by atoms with van der Waals surface area (Å²) in [6, 6.07) is 83.7. The number of benzene rings is 11. The number of hydrogen-bond donors (Lipinski definition) is 0. The highest BCUT2D eigenvalue weighted by Gasteiger charge is 2.45. The summed E-state index contributed by atoms with van der Waals surface area (Å²) in [5, 5.41) is 5.10. The minimum Gasteiger partial charge on any atom is -0.311 e. The van der Waals surface area contributed by atoms with Crippen LogP contribution in [0.25, 0.3) is 58.8 Å². The van der Waals surface area contributed by atoms with E-state index in [9.17, 15) is 0 Å². The molecule has 2 aliphatic heterocycles. The Morgan fingerprint density at radius 1 is 0.398 bits per heavy atom. The number of nitrogens with zero attached hydrogens (tertiary/aromatic N) is 4. The first-order valence-corrected chi connectivity index (χ1v) is 32.2. The molecule has 0 spiro atoms. The average Bonchev–Trinajstić information content (AvgIpc) is 1.26. The number of anilines is 9. The van der Waals surface area contributed by atoms with Gasteiger partial charge in [0, 0.05) is 82.1 Å². The van der Waals surface area contributed by atoms with Crippen molar-refractivity contribution in [2.45, 2.75) is 106 Å². The van der Waals surface area contributed by atoms with Crippen molar-refractivity contribution < 1.29 is 0 Å². The molecule has 432 valence electrons. The quantitative estimate of drug-likeness (QED) is 0.148. The van der Waals surface area contributed by atoms with Crippen LogP contribution in [0, 0.1) is 27.7 Å². The largest absolute Gasteiger partial charge is 0.311 e. The molecule has 15 rings (SSSR count). The third-order valence-corrected chi connectivity index (χ3v) is 20.2. The molecule has 2 aliphatic rings. The molecule has 0 atom stereocenters. The zero-order valence-corrected chi connectivity index (χ0v) is 53.9. The molecule has 0 amide bonds. The van der Waals surface area contributed by atoms with Gasteiger partial charge in [0.05, 0.1) is 16.7 Å². The minimum absolute atomic E-state index is 0.0170. The van der Waals surface area contributed by atoms with E-state index in [0.717, 1.165) is 28.4 Å². The number of aromatic nitrogens is 1. The smallest absolute Gasteiger partial charge is 0.252 e. The molecule has 88 heavy (non-hydrogen) atoms. The standard InChI is InChI=1S/C82H75BN4S/c1-50-42-74-77-75(43-50)87(78-52(3)44-54(45-53(78)4)62-26-21-27-66-65-25-18-20-29-76(65)88-79(62)66)73-49-61(37-40-68(73)83(77)67-39-32-57(82(11,12)13)47-72(67)86(74)59-34-30-55(31-35-59)80(5,6)7)84(69-41-33-56(46-51(69)2)81(8,9)10)60-36-38-64-63-24-17-19-28-70(63)85(71(64)48-60)58-22-15-14-16-23-58/h14-49H,1-13H3. The second-order valence-electron chi connectivity index (χ2n) is 28.1. The van der Waals surface area contributed by atoms with Gasteiger partial charge in [-0.05, 0) is 207 Å². The summed E-state index contributed by atoms with van der Waals surface area (Å²) < 4.78 is 5.09. The highest BCUT2D eigenvalue weighted by molar-refractivity contribution is 7.26. The molecule has 0 unspecified atom stereocenters. The van der Waals surface area contributed by atoms with Gasteiger partial charge in [-0.15, -0.1) is 11.3 Å². The van der Waals surface area contributed by atoms with Crippen LogP contribution in [0.4, 0.5) is 51.2 Å². The molecule has 0 saturated carbocycles. The van der Waals surface area contributed by atoms with Crippen LogP contribution >= 0.6 is 11.3 Å². The predicted molar refractivity (Wildman–Crippen MR) is 383 cm³/mol. The molecule has 0 aliphatic carbocycles. The Kier molecular flexibility index (Phi) is 12.8. The molecule has 4 heterocycles. The second kappa shape index (κ2) is 20.2. The highest BCUT2D eigenvalue weighted by atomic mass is 32.1. The van der Waals surface area contributed by atoms with Gasteiger partial charge in [-0.25, -0.2) is 0 Å². The molecule has 0 N–H and O–H groups in total. The van der Waals surface area contributed by atoms with E-state index in [0.29, 0.717) is 0 Å².